The Morgan fingerprint density at radius 3 is 2.24 bits per heavy atom. The highest BCUT2D eigenvalue weighted by atomic mass is 16.5. The average molecular weight is 536 g/mol. The van der Waals surface area contributed by atoms with Crippen LogP contribution in [0.1, 0.15) is 75.1 Å². The molecule has 0 heterocycles. The van der Waals surface area contributed by atoms with E-state index in [0.29, 0.717) is 50.1 Å². The number of rotatable bonds is 22. The molecule has 0 radical (unpaired) electrons. The minimum Gasteiger partial charge on any atom is -0.480 e. The van der Waals surface area contributed by atoms with Gasteiger partial charge in [-0.05, 0) is 49.9 Å². The van der Waals surface area contributed by atoms with Gasteiger partial charge in [-0.25, -0.2) is 4.79 Å². The number of carboxylic acids is 1. The van der Waals surface area contributed by atoms with Gasteiger partial charge < -0.3 is 31.4 Å². The highest BCUT2D eigenvalue weighted by Gasteiger charge is 2.22. The van der Waals surface area contributed by atoms with Crippen LogP contribution in [0.2, 0.25) is 0 Å². The van der Waals surface area contributed by atoms with Gasteiger partial charge >= 0.3 is 5.97 Å². The molecule has 11 nitrogen and oxygen atoms in total. The summed E-state index contributed by atoms with van der Waals surface area (Å²) in [5.74, 6) is -3.22. The maximum absolute atomic E-state index is 12.4. The Morgan fingerprint density at radius 2 is 1.61 bits per heavy atom. The van der Waals surface area contributed by atoms with E-state index in [0.717, 1.165) is 6.42 Å². The van der Waals surface area contributed by atoms with Crippen LogP contribution in [0.4, 0.5) is 5.69 Å². The summed E-state index contributed by atoms with van der Waals surface area (Å²) in [5, 5.41) is 11.7. The Balaban J connectivity index is 2.28. The summed E-state index contributed by atoms with van der Waals surface area (Å²) in [4.78, 5) is 59.8. The lowest BCUT2D eigenvalue weighted by atomic mass is 9.92. The number of amides is 2. The number of nitrogens with two attached hydrogens (primary N) is 2. The second kappa shape index (κ2) is 18.9. The Bertz CT molecular complexity index is 904. The smallest absolute Gasteiger partial charge is 0.326 e. The third kappa shape index (κ3) is 14.4. The summed E-state index contributed by atoms with van der Waals surface area (Å²) >= 11 is 0. The highest BCUT2D eigenvalue weighted by molar-refractivity contribution is 5.98. The number of nitrogen functional groups attached to an aromatic ring is 1. The zero-order valence-electron chi connectivity index (χ0n) is 22.1. The topological polar surface area (TPSA) is 188 Å². The maximum Gasteiger partial charge on any atom is 0.326 e. The standard InChI is InChI=1S/C27H41N3O8/c1-2-14-37-15-16-38-18-25(33)30-23(27(35)36)13-12-22(31)7-5-3-4-6-20(26(29)34)17-24(32)19-8-10-21(28)11-9-19/h8-11,20,23H,2-7,12-18,28H2,1H3,(H2,29,34)(H,30,33)(H,35,36)/t20?,23-/m0/s1. The Morgan fingerprint density at radius 1 is 0.921 bits per heavy atom. The van der Waals surface area contributed by atoms with Gasteiger partial charge in [0.15, 0.2) is 5.78 Å². The van der Waals surface area contributed by atoms with E-state index >= 15 is 0 Å². The van der Waals surface area contributed by atoms with E-state index in [4.69, 9.17) is 20.9 Å². The molecule has 0 aliphatic heterocycles. The van der Waals surface area contributed by atoms with Crippen molar-refractivity contribution in [1.29, 1.82) is 0 Å². The number of primary amides is 1. The molecule has 1 rings (SSSR count). The van der Waals surface area contributed by atoms with Crippen molar-refractivity contribution in [2.24, 2.45) is 11.7 Å². The molecule has 0 saturated carbocycles. The normalized spacial score (nSPS) is 12.4. The third-order valence-electron chi connectivity index (χ3n) is 5.87. The summed E-state index contributed by atoms with van der Waals surface area (Å²) in [6, 6.07) is 5.29. The number of aliphatic carboxylic acids is 1. The van der Waals surface area contributed by atoms with Gasteiger partial charge in [0, 0.05) is 43.0 Å². The molecule has 0 fully saturated rings. The lowest BCUT2D eigenvalue weighted by Crippen LogP contribution is -2.42. The molecule has 0 bridgehead atoms. The second-order valence-corrected chi connectivity index (χ2v) is 9.15. The first-order chi connectivity index (χ1) is 18.1. The zero-order chi connectivity index (χ0) is 28.3. The maximum atomic E-state index is 12.4. The van der Waals surface area contributed by atoms with Gasteiger partial charge in [0.1, 0.15) is 18.4 Å². The number of anilines is 1. The quantitative estimate of drug-likeness (QED) is 0.0980. The summed E-state index contributed by atoms with van der Waals surface area (Å²) in [7, 11) is 0. The van der Waals surface area contributed by atoms with Crippen LogP contribution in [0.15, 0.2) is 24.3 Å². The number of hydrogen-bond acceptors (Lipinski definition) is 8. The van der Waals surface area contributed by atoms with E-state index in [1.807, 2.05) is 6.92 Å². The number of ether oxygens (including phenoxy) is 2. The minimum absolute atomic E-state index is 0.0121. The predicted molar refractivity (Wildman–Crippen MR) is 141 cm³/mol. The predicted octanol–water partition coefficient (Wildman–Crippen LogP) is 2.26. The first kappa shape index (κ1) is 32.7. The van der Waals surface area contributed by atoms with E-state index < -0.39 is 29.7 Å². The van der Waals surface area contributed by atoms with Gasteiger partial charge in [-0.15, -0.1) is 0 Å². The van der Waals surface area contributed by atoms with Crippen LogP contribution < -0.4 is 16.8 Å². The molecule has 6 N–H and O–H groups in total. The number of Topliss-reactive ketones (excluding diaryl/α,β-unsaturated/α-hetero) is 2. The molecule has 38 heavy (non-hydrogen) atoms. The summed E-state index contributed by atoms with van der Waals surface area (Å²) in [6.45, 7) is 2.87. The molecule has 1 aromatic rings. The van der Waals surface area contributed by atoms with Crippen LogP contribution >= 0.6 is 0 Å². The zero-order valence-corrected chi connectivity index (χ0v) is 22.1. The van der Waals surface area contributed by atoms with Crippen LogP contribution in [0, 0.1) is 5.92 Å². The summed E-state index contributed by atoms with van der Waals surface area (Å²) in [6.07, 6.45) is 3.42. The molecule has 0 aliphatic carbocycles. The molecule has 0 aliphatic rings. The Hall–Kier alpha value is -3.31. The largest absolute Gasteiger partial charge is 0.480 e. The Kier molecular flexibility index (Phi) is 16.2. The molecule has 2 atom stereocenters. The molecular formula is C27H41N3O8. The fourth-order valence-electron chi connectivity index (χ4n) is 3.70. The number of ketones is 2. The molecular weight excluding hydrogens is 494 g/mol. The van der Waals surface area contributed by atoms with E-state index in [2.05, 4.69) is 5.32 Å². The van der Waals surface area contributed by atoms with Crippen molar-refractivity contribution < 1.29 is 38.6 Å². The molecule has 2 amide bonds. The van der Waals surface area contributed by atoms with Crippen LogP contribution in [-0.4, -0.2) is 66.9 Å². The summed E-state index contributed by atoms with van der Waals surface area (Å²) in [5.41, 5.74) is 12.1. The van der Waals surface area contributed by atoms with E-state index in [9.17, 15) is 29.1 Å². The van der Waals surface area contributed by atoms with Crippen LogP contribution in [0.3, 0.4) is 0 Å². The fraction of sp³-hybridized carbons (Fsp3) is 0.593. The average Bonchev–Trinajstić information content (AvgIpc) is 2.87. The molecule has 1 unspecified atom stereocenters. The number of unbranched alkanes of at least 4 members (excludes halogenated alkanes) is 2. The third-order valence-corrected chi connectivity index (χ3v) is 5.87. The second-order valence-electron chi connectivity index (χ2n) is 9.15. The van der Waals surface area contributed by atoms with Gasteiger partial charge in [-0.3, -0.25) is 19.2 Å². The van der Waals surface area contributed by atoms with Crippen molar-refractivity contribution in [3.8, 4) is 0 Å². The van der Waals surface area contributed by atoms with Gasteiger partial charge in [-0.1, -0.05) is 19.8 Å². The fourth-order valence-corrected chi connectivity index (χ4v) is 3.70. The van der Waals surface area contributed by atoms with Crippen LogP contribution in [0.25, 0.3) is 0 Å². The molecule has 0 aromatic heterocycles. The van der Waals surface area contributed by atoms with Gasteiger partial charge in [0.05, 0.1) is 13.2 Å². The minimum atomic E-state index is -1.22. The van der Waals surface area contributed by atoms with Crippen molar-refractivity contribution in [1.82, 2.24) is 5.32 Å². The van der Waals surface area contributed by atoms with Gasteiger partial charge in [-0.2, -0.15) is 0 Å². The van der Waals surface area contributed by atoms with Crippen LogP contribution in [-0.2, 0) is 28.7 Å². The van der Waals surface area contributed by atoms with E-state index in [1.54, 1.807) is 24.3 Å². The lowest BCUT2D eigenvalue weighted by Gasteiger charge is -2.14. The molecule has 11 heteroatoms. The van der Waals surface area contributed by atoms with Gasteiger partial charge in [0.2, 0.25) is 11.8 Å². The number of benzene rings is 1. The number of nitrogens with one attached hydrogen (secondary N) is 1. The number of carbonyl (C=O) groups is 5. The first-order valence-corrected chi connectivity index (χ1v) is 13.0. The molecule has 1 aromatic carbocycles. The lowest BCUT2D eigenvalue weighted by molar-refractivity contribution is -0.143. The van der Waals surface area contributed by atoms with Crippen molar-refractivity contribution in [3.05, 3.63) is 29.8 Å². The number of carboxylic acid groups (broad SMARTS) is 1. The number of carbonyl (C=O) groups excluding carboxylic acids is 4. The van der Waals surface area contributed by atoms with Crippen molar-refractivity contribution in [3.63, 3.8) is 0 Å². The summed E-state index contributed by atoms with van der Waals surface area (Å²) < 4.78 is 10.4. The van der Waals surface area contributed by atoms with Crippen molar-refractivity contribution in [2.75, 3.05) is 32.2 Å². The SMILES string of the molecule is CCCOCCOCC(=O)N[C@@H](CCC(=O)CCCCCC(CC(=O)c1ccc(N)cc1)C(N)=O)C(=O)O. The van der Waals surface area contributed by atoms with Crippen molar-refractivity contribution in [2.45, 2.75) is 70.8 Å². The highest BCUT2D eigenvalue weighted by Crippen LogP contribution is 2.18. The van der Waals surface area contributed by atoms with E-state index in [-0.39, 0.29) is 50.5 Å². The molecule has 212 valence electrons. The molecule has 0 spiro atoms. The Labute approximate surface area is 223 Å². The van der Waals surface area contributed by atoms with Crippen molar-refractivity contribution >= 4 is 35.0 Å². The van der Waals surface area contributed by atoms with Crippen LogP contribution in [0.5, 0.6) is 0 Å². The van der Waals surface area contributed by atoms with E-state index in [1.165, 1.54) is 0 Å². The molecule has 0 saturated heterocycles. The number of hydrogen-bond donors (Lipinski definition) is 4. The monoisotopic (exact) mass is 535 g/mol. The first-order valence-electron chi connectivity index (χ1n) is 13.0. The van der Waals surface area contributed by atoms with Gasteiger partial charge in [0.25, 0.3) is 0 Å².